The molecule has 0 aliphatic carbocycles. The molecule has 0 saturated heterocycles. The number of hydrogen-bond donors (Lipinski definition) is 0. The highest BCUT2D eigenvalue weighted by Gasteiger charge is 2.13. The van der Waals surface area contributed by atoms with Crippen LogP contribution in [0.3, 0.4) is 0 Å². The first-order valence-electron chi connectivity index (χ1n) is 5.86. The molecule has 0 aromatic rings. The Hall–Kier alpha value is -2.38. The average Bonchev–Trinajstić information content (AvgIpc) is 2.38. The van der Waals surface area contributed by atoms with Crippen LogP contribution < -0.4 is 0 Å². The lowest BCUT2D eigenvalue weighted by atomic mass is 10.3. The summed E-state index contributed by atoms with van der Waals surface area (Å²) < 4.78 is 0. The van der Waals surface area contributed by atoms with E-state index in [2.05, 4.69) is 10.2 Å². The molecular formula is C12H18N4O4. The third kappa shape index (κ3) is 7.85. The fourth-order valence-electron chi connectivity index (χ4n) is 1.00. The van der Waals surface area contributed by atoms with Gasteiger partial charge in [-0.25, -0.2) is 10.0 Å². The van der Waals surface area contributed by atoms with E-state index < -0.39 is 11.8 Å². The zero-order valence-corrected chi connectivity index (χ0v) is 12.0. The molecule has 0 aromatic carbocycles. The van der Waals surface area contributed by atoms with Crippen LogP contribution in [0.15, 0.2) is 10.2 Å². The fourth-order valence-corrected chi connectivity index (χ4v) is 1.00. The molecule has 8 heteroatoms. The van der Waals surface area contributed by atoms with Crippen LogP contribution in [0.2, 0.25) is 0 Å². The number of nitrogens with zero attached hydrogens (tertiary/aromatic N) is 4. The molecule has 0 rings (SSSR count). The van der Waals surface area contributed by atoms with Crippen molar-refractivity contribution >= 4 is 35.8 Å². The van der Waals surface area contributed by atoms with Crippen LogP contribution in [0.25, 0.3) is 0 Å². The number of ketones is 2. The largest absolute Gasteiger partial charge is 0.293 e. The molecule has 0 unspecified atom stereocenters. The Morgan fingerprint density at radius 2 is 1.10 bits per heavy atom. The maximum absolute atomic E-state index is 11.6. The number of carbonyl (C=O) groups is 4. The number of hydrazone groups is 2. The second kappa shape index (κ2) is 8.68. The van der Waals surface area contributed by atoms with Gasteiger partial charge in [0.25, 0.3) is 0 Å². The zero-order valence-electron chi connectivity index (χ0n) is 12.0. The van der Waals surface area contributed by atoms with E-state index in [0.29, 0.717) is 0 Å². The molecule has 20 heavy (non-hydrogen) atoms. The van der Waals surface area contributed by atoms with Crippen LogP contribution in [0.5, 0.6) is 0 Å². The maximum Gasteiger partial charge on any atom is 0.242 e. The smallest absolute Gasteiger partial charge is 0.242 e. The molecule has 0 aliphatic heterocycles. The maximum atomic E-state index is 11.6. The van der Waals surface area contributed by atoms with Gasteiger partial charge in [-0.1, -0.05) is 0 Å². The van der Waals surface area contributed by atoms with Crippen molar-refractivity contribution in [2.24, 2.45) is 10.2 Å². The summed E-state index contributed by atoms with van der Waals surface area (Å²) in [5.41, 5.74) is 0. The molecule has 0 N–H and O–H groups in total. The first kappa shape index (κ1) is 17.6. The normalized spacial score (nSPS) is 10.8. The van der Waals surface area contributed by atoms with Crippen molar-refractivity contribution in [2.45, 2.75) is 26.7 Å². The summed E-state index contributed by atoms with van der Waals surface area (Å²) in [6, 6.07) is 0. The van der Waals surface area contributed by atoms with Crippen molar-refractivity contribution in [1.82, 2.24) is 10.0 Å². The molecule has 0 heterocycles. The summed E-state index contributed by atoms with van der Waals surface area (Å²) >= 11 is 0. The van der Waals surface area contributed by atoms with E-state index in [1.165, 1.54) is 27.9 Å². The van der Waals surface area contributed by atoms with Gasteiger partial charge in [0.2, 0.25) is 11.8 Å². The molecule has 0 saturated carbocycles. The van der Waals surface area contributed by atoms with Crippen LogP contribution in [-0.4, -0.2) is 59.9 Å². The number of Topliss-reactive ketones (excluding diaryl/α,β-unsaturated/α-hetero) is 2. The van der Waals surface area contributed by atoms with Gasteiger partial charge in [0.05, 0.1) is 12.4 Å². The molecule has 0 aromatic heterocycles. The Labute approximate surface area is 117 Å². The number of carbonyl (C=O) groups excluding carboxylic acids is 4. The van der Waals surface area contributed by atoms with E-state index >= 15 is 0 Å². The second-order valence-corrected chi connectivity index (χ2v) is 4.05. The molecule has 0 spiro atoms. The van der Waals surface area contributed by atoms with Crippen molar-refractivity contribution in [3.63, 3.8) is 0 Å². The topological polar surface area (TPSA) is 99.5 Å². The highest BCUT2D eigenvalue weighted by molar-refractivity contribution is 6.26. The van der Waals surface area contributed by atoms with Crippen LogP contribution in [0, 0.1) is 0 Å². The van der Waals surface area contributed by atoms with Crippen LogP contribution in [0.1, 0.15) is 26.7 Å². The number of rotatable bonds is 7. The summed E-state index contributed by atoms with van der Waals surface area (Å²) in [5, 5.41) is 9.22. The van der Waals surface area contributed by atoms with E-state index in [-0.39, 0.29) is 24.4 Å². The highest BCUT2D eigenvalue weighted by Crippen LogP contribution is 2.00. The minimum Gasteiger partial charge on any atom is -0.293 e. The minimum atomic E-state index is -0.403. The summed E-state index contributed by atoms with van der Waals surface area (Å²) in [7, 11) is 2.79. The van der Waals surface area contributed by atoms with E-state index in [4.69, 9.17) is 0 Å². The molecule has 0 bridgehead atoms. The van der Waals surface area contributed by atoms with Gasteiger partial charge in [0, 0.05) is 40.8 Å². The lowest BCUT2D eigenvalue weighted by Gasteiger charge is -2.12. The molecular weight excluding hydrogens is 264 g/mol. The summed E-state index contributed by atoms with van der Waals surface area (Å²) in [6.45, 7) is 2.63. The average molecular weight is 282 g/mol. The zero-order chi connectivity index (χ0) is 15.7. The van der Waals surface area contributed by atoms with Gasteiger partial charge in [-0.15, -0.1) is 0 Å². The Bertz CT molecular complexity index is 414. The quantitative estimate of drug-likeness (QED) is 0.478. The third-order valence-electron chi connectivity index (χ3n) is 2.10. The monoisotopic (exact) mass is 282 g/mol. The van der Waals surface area contributed by atoms with Crippen LogP contribution >= 0.6 is 0 Å². The van der Waals surface area contributed by atoms with Crippen molar-refractivity contribution in [2.75, 3.05) is 14.1 Å². The molecule has 110 valence electrons. The summed E-state index contributed by atoms with van der Waals surface area (Å²) in [6.07, 6.45) is 1.90. The Kier molecular flexibility index (Phi) is 7.64. The molecule has 0 atom stereocenters. The van der Waals surface area contributed by atoms with Gasteiger partial charge >= 0.3 is 0 Å². The SMILES string of the molecule is CC(=O)/C=N/N(C)C(=O)CCC(=O)N(C)/N=C/C(C)=O. The number of hydrogen-bond acceptors (Lipinski definition) is 6. The Morgan fingerprint density at radius 1 is 0.800 bits per heavy atom. The highest BCUT2D eigenvalue weighted by atomic mass is 16.2. The Morgan fingerprint density at radius 3 is 1.35 bits per heavy atom. The van der Waals surface area contributed by atoms with E-state index in [0.717, 1.165) is 22.4 Å². The van der Waals surface area contributed by atoms with Gasteiger partial charge in [-0.2, -0.15) is 10.2 Å². The Balaban J connectivity index is 4.27. The van der Waals surface area contributed by atoms with Crippen molar-refractivity contribution < 1.29 is 19.2 Å². The summed E-state index contributed by atoms with van der Waals surface area (Å²) in [4.78, 5) is 44.5. The molecule has 0 radical (unpaired) electrons. The van der Waals surface area contributed by atoms with Gasteiger partial charge in [-0.3, -0.25) is 19.2 Å². The van der Waals surface area contributed by atoms with Crippen molar-refractivity contribution in [3.8, 4) is 0 Å². The first-order valence-corrected chi connectivity index (χ1v) is 5.86. The standard InChI is InChI=1S/C12H18N4O4/c1-9(17)7-13-15(3)11(19)5-6-12(20)16(4)14-8-10(2)18/h7-8H,5-6H2,1-4H3/b13-7+,14-8+. The third-order valence-corrected chi connectivity index (χ3v) is 2.10. The van der Waals surface area contributed by atoms with Gasteiger partial charge in [-0.05, 0) is 0 Å². The predicted molar refractivity (Wildman–Crippen MR) is 73.1 cm³/mol. The molecule has 2 amide bonds. The second-order valence-electron chi connectivity index (χ2n) is 4.05. The van der Waals surface area contributed by atoms with E-state index in [1.807, 2.05) is 0 Å². The van der Waals surface area contributed by atoms with E-state index in [9.17, 15) is 19.2 Å². The van der Waals surface area contributed by atoms with Gasteiger partial charge in [0.1, 0.15) is 0 Å². The lowest BCUT2D eigenvalue weighted by molar-refractivity contribution is -0.135. The minimum absolute atomic E-state index is 0.0650. The summed E-state index contributed by atoms with van der Waals surface area (Å²) in [5.74, 6) is -1.36. The van der Waals surface area contributed by atoms with Crippen molar-refractivity contribution in [1.29, 1.82) is 0 Å². The molecule has 8 nitrogen and oxygen atoms in total. The first-order chi connectivity index (χ1) is 9.23. The van der Waals surface area contributed by atoms with Crippen molar-refractivity contribution in [3.05, 3.63) is 0 Å². The lowest BCUT2D eigenvalue weighted by Crippen LogP contribution is -2.26. The number of amides is 2. The molecule has 0 fully saturated rings. The molecule has 0 aliphatic rings. The van der Waals surface area contributed by atoms with Gasteiger partial charge < -0.3 is 0 Å². The fraction of sp³-hybridized carbons (Fsp3) is 0.500. The van der Waals surface area contributed by atoms with E-state index in [1.54, 1.807) is 0 Å². The predicted octanol–water partition coefficient (Wildman–Crippen LogP) is -0.167. The van der Waals surface area contributed by atoms with Gasteiger partial charge in [0.15, 0.2) is 11.6 Å². The van der Waals surface area contributed by atoms with Crippen LogP contribution in [-0.2, 0) is 19.2 Å². The van der Waals surface area contributed by atoms with Crippen LogP contribution in [0.4, 0.5) is 0 Å².